The second-order valence-electron chi connectivity index (χ2n) is 10.4. The average molecular weight is 616 g/mol. The minimum atomic E-state index is -1.88. The molecule has 0 unspecified atom stereocenters. The molecular weight excluding hydrogens is 577 g/mol. The van der Waals surface area contributed by atoms with E-state index in [0.29, 0.717) is 0 Å². The van der Waals surface area contributed by atoms with Crippen LogP contribution in [0.1, 0.15) is 0 Å². The van der Waals surface area contributed by atoms with E-state index >= 15 is 0 Å². The van der Waals surface area contributed by atoms with Crippen LogP contribution in [0.5, 0.6) is 0 Å². The zero-order chi connectivity index (χ0) is 27.7. The summed E-state index contributed by atoms with van der Waals surface area (Å²) in [7, 11) is -3.76. The van der Waals surface area contributed by atoms with Crippen LogP contribution in [0.3, 0.4) is 0 Å². The molecule has 0 bridgehead atoms. The van der Waals surface area contributed by atoms with Gasteiger partial charge >= 0.3 is 242 Å². The molecule has 0 saturated heterocycles. The first-order chi connectivity index (χ1) is 19.6. The molecule has 6 rings (SSSR count). The number of benzene rings is 6. The maximum atomic E-state index is 2.44. The molecule has 0 amide bonds. The smallest absolute Gasteiger partial charge is 0 e. The Labute approximate surface area is 257 Å². The Kier molecular flexibility index (Phi) is 10.9. The molecule has 0 nitrogen and oxygen atoms in total. The molecule has 209 valence electrons. The van der Waals surface area contributed by atoms with E-state index < -0.39 is 14.5 Å². The van der Waals surface area contributed by atoms with Gasteiger partial charge in [0.25, 0.3) is 0 Å². The molecule has 41 heavy (non-hydrogen) atoms. The molecule has 6 aromatic rings. The molecule has 0 aliphatic carbocycles. The molecule has 0 aromatic heterocycles. The average Bonchev–Trinajstić information content (AvgIpc) is 3.07. The summed E-state index contributed by atoms with van der Waals surface area (Å²) in [5.41, 5.74) is 0. The van der Waals surface area contributed by atoms with Gasteiger partial charge < -0.3 is 0 Å². The first kappa shape index (κ1) is 30.6. The van der Waals surface area contributed by atoms with Crippen molar-refractivity contribution in [1.82, 2.24) is 0 Å². The van der Waals surface area contributed by atoms with Crippen molar-refractivity contribution < 1.29 is 16.8 Å². The maximum Gasteiger partial charge on any atom is 0 e. The van der Waals surface area contributed by atoms with E-state index in [1.165, 1.54) is 31.8 Å². The first-order valence-electron chi connectivity index (χ1n) is 14.0. The number of rotatable bonds is 6. The SMILES string of the molecule is C[PH](c1ccccc1)(c1ccccc1)c1ccccc1.C[PH](c1ccccc1)(c1ccccc1)c1ccccc1.[Co]. The van der Waals surface area contributed by atoms with Gasteiger partial charge in [0, 0.05) is 16.8 Å². The van der Waals surface area contributed by atoms with Crippen molar-refractivity contribution in [2.75, 3.05) is 13.3 Å². The Morgan fingerprint density at radius 3 is 0.488 bits per heavy atom. The van der Waals surface area contributed by atoms with Crippen molar-refractivity contribution in [3.8, 4) is 0 Å². The molecule has 1 radical (unpaired) electrons. The molecule has 0 aliphatic rings. The van der Waals surface area contributed by atoms with E-state index in [2.05, 4.69) is 195 Å². The van der Waals surface area contributed by atoms with E-state index in [9.17, 15) is 0 Å². The summed E-state index contributed by atoms with van der Waals surface area (Å²) in [6.45, 7) is 4.88. The second kappa shape index (κ2) is 14.5. The van der Waals surface area contributed by atoms with Crippen molar-refractivity contribution in [3.63, 3.8) is 0 Å². The molecule has 0 saturated carbocycles. The van der Waals surface area contributed by atoms with Crippen LogP contribution in [0.15, 0.2) is 182 Å². The Balaban J connectivity index is 0.000000184. The summed E-state index contributed by atoms with van der Waals surface area (Å²) in [6.07, 6.45) is 0. The van der Waals surface area contributed by atoms with Gasteiger partial charge in [-0.25, -0.2) is 0 Å². The van der Waals surface area contributed by atoms with Gasteiger partial charge in [-0.1, -0.05) is 0 Å². The fourth-order valence-electron chi connectivity index (χ4n) is 5.63. The van der Waals surface area contributed by atoms with Crippen molar-refractivity contribution in [1.29, 1.82) is 0 Å². The predicted molar refractivity (Wildman–Crippen MR) is 185 cm³/mol. The van der Waals surface area contributed by atoms with Crippen LogP contribution in [-0.4, -0.2) is 13.3 Å². The molecule has 0 fully saturated rings. The van der Waals surface area contributed by atoms with Crippen LogP contribution in [-0.2, 0) is 16.8 Å². The third-order valence-corrected chi connectivity index (χ3v) is 17.0. The van der Waals surface area contributed by atoms with Gasteiger partial charge in [0.05, 0.1) is 0 Å². The van der Waals surface area contributed by atoms with Gasteiger partial charge in [0.15, 0.2) is 0 Å². The minimum Gasteiger partial charge on any atom is 0 e. The summed E-state index contributed by atoms with van der Waals surface area (Å²) in [5.74, 6) is 0. The van der Waals surface area contributed by atoms with Crippen LogP contribution in [0.2, 0.25) is 0 Å². The Morgan fingerprint density at radius 1 is 0.244 bits per heavy atom. The van der Waals surface area contributed by atoms with Crippen LogP contribution in [0.25, 0.3) is 0 Å². The Morgan fingerprint density at radius 2 is 0.366 bits per heavy atom. The molecule has 0 heterocycles. The van der Waals surface area contributed by atoms with Crippen molar-refractivity contribution in [2.45, 2.75) is 0 Å². The molecule has 0 spiro atoms. The normalized spacial score (nSPS) is 11.8. The van der Waals surface area contributed by atoms with E-state index in [0.717, 1.165) is 0 Å². The van der Waals surface area contributed by atoms with Gasteiger partial charge in [0.1, 0.15) is 0 Å². The summed E-state index contributed by atoms with van der Waals surface area (Å²) in [6, 6.07) is 65.5. The van der Waals surface area contributed by atoms with Crippen molar-refractivity contribution in [2.24, 2.45) is 0 Å². The second-order valence-corrected chi connectivity index (χ2v) is 18.4. The topological polar surface area (TPSA) is 0 Å². The maximum absolute atomic E-state index is 2.44. The third kappa shape index (κ3) is 6.78. The quantitative estimate of drug-likeness (QED) is 0.184. The van der Waals surface area contributed by atoms with Crippen LogP contribution >= 0.6 is 14.5 Å². The van der Waals surface area contributed by atoms with Crippen LogP contribution < -0.4 is 31.8 Å². The Bertz CT molecular complexity index is 1260. The predicted octanol–water partition coefficient (Wildman–Crippen LogP) is 6.68. The minimum absolute atomic E-state index is 0. The van der Waals surface area contributed by atoms with E-state index in [1.807, 2.05) is 0 Å². The zero-order valence-corrected chi connectivity index (χ0v) is 26.7. The fraction of sp³-hybridized carbons (Fsp3) is 0.0526. The van der Waals surface area contributed by atoms with Crippen LogP contribution in [0, 0.1) is 0 Å². The van der Waals surface area contributed by atoms with Gasteiger partial charge in [-0.2, -0.15) is 0 Å². The van der Waals surface area contributed by atoms with Gasteiger partial charge in [-0.15, -0.1) is 0 Å². The Hall–Kier alpha value is -3.31. The zero-order valence-electron chi connectivity index (χ0n) is 23.7. The van der Waals surface area contributed by atoms with Gasteiger partial charge in [-0.05, 0) is 0 Å². The van der Waals surface area contributed by atoms with Crippen molar-refractivity contribution >= 4 is 46.4 Å². The molecule has 0 atom stereocenters. The molecule has 0 aliphatic heterocycles. The van der Waals surface area contributed by atoms with E-state index in [1.54, 1.807) is 0 Å². The first-order valence-corrected chi connectivity index (χ1v) is 19.0. The summed E-state index contributed by atoms with van der Waals surface area (Å²) in [5, 5.41) is 8.74. The third-order valence-electron chi connectivity index (χ3n) is 8.11. The molecular formula is C38H38CoP2. The van der Waals surface area contributed by atoms with Gasteiger partial charge in [0.2, 0.25) is 0 Å². The molecule has 3 heteroatoms. The summed E-state index contributed by atoms with van der Waals surface area (Å²) in [4.78, 5) is 0. The number of hydrogen-bond donors (Lipinski definition) is 0. The van der Waals surface area contributed by atoms with Crippen molar-refractivity contribution in [3.05, 3.63) is 182 Å². The van der Waals surface area contributed by atoms with E-state index in [-0.39, 0.29) is 16.8 Å². The standard InChI is InChI=1S/2C19H19P.Co/c2*1-20(17-11-5-2-6-12-17,18-13-7-3-8-14-18)19-15-9-4-10-16-19;/h2*2-16,20H,1H3;. The van der Waals surface area contributed by atoms with Crippen LogP contribution in [0.4, 0.5) is 0 Å². The van der Waals surface area contributed by atoms with Gasteiger partial charge in [-0.3, -0.25) is 0 Å². The largest absolute Gasteiger partial charge is 0 e. The molecule has 0 N–H and O–H groups in total. The number of hydrogen-bond acceptors (Lipinski definition) is 0. The fourth-order valence-corrected chi connectivity index (χ4v) is 12.8. The van der Waals surface area contributed by atoms with E-state index in [4.69, 9.17) is 0 Å². The monoisotopic (exact) mass is 615 g/mol. The summed E-state index contributed by atoms with van der Waals surface area (Å²) < 4.78 is 0. The summed E-state index contributed by atoms with van der Waals surface area (Å²) >= 11 is 0. The molecule has 6 aromatic carbocycles.